The van der Waals surface area contributed by atoms with Gasteiger partial charge in [0.15, 0.2) is 11.3 Å². The summed E-state index contributed by atoms with van der Waals surface area (Å²) in [4.78, 5) is 4.13. The van der Waals surface area contributed by atoms with Crippen molar-refractivity contribution in [1.82, 2.24) is 14.8 Å². The fraction of sp³-hybridized carbons (Fsp3) is 0.182. The third-order valence-electron chi connectivity index (χ3n) is 4.92. The Morgan fingerprint density at radius 1 is 0.941 bits per heavy atom. The number of aromatic nitrogens is 3. The van der Waals surface area contributed by atoms with E-state index >= 15 is 0 Å². The first-order valence-electron chi connectivity index (χ1n) is 9.71. The molecule has 0 fully saturated rings. The monoisotopic (exact) mass is 484 g/mol. The van der Waals surface area contributed by atoms with Crippen LogP contribution in [0, 0.1) is 5.82 Å². The molecule has 12 heteroatoms. The zero-order valence-corrected chi connectivity index (χ0v) is 17.3. The molecule has 2 heterocycles. The van der Waals surface area contributed by atoms with Crippen molar-refractivity contribution in [3.63, 3.8) is 0 Å². The number of rotatable bonds is 5. The van der Waals surface area contributed by atoms with Gasteiger partial charge in [0.2, 0.25) is 5.88 Å². The molecule has 34 heavy (non-hydrogen) atoms. The molecular formula is C22H15F7N4O. The molecule has 0 saturated carbocycles. The Kier molecular flexibility index (Phi) is 5.84. The van der Waals surface area contributed by atoms with Gasteiger partial charge in [-0.15, -0.1) is 0 Å². The molecule has 0 aliphatic carbocycles. The summed E-state index contributed by atoms with van der Waals surface area (Å²) in [5, 5.41) is 5.89. The highest BCUT2D eigenvalue weighted by atomic mass is 19.4. The predicted octanol–water partition coefficient (Wildman–Crippen LogP) is 6.22. The summed E-state index contributed by atoms with van der Waals surface area (Å²) in [7, 11) is 1.40. The average molecular weight is 484 g/mol. The van der Waals surface area contributed by atoms with Crippen LogP contribution < -0.4 is 10.1 Å². The molecule has 0 atom stereocenters. The summed E-state index contributed by atoms with van der Waals surface area (Å²) in [5.74, 6) is -0.835. The van der Waals surface area contributed by atoms with Crippen LogP contribution in [0.1, 0.15) is 16.8 Å². The fourth-order valence-corrected chi connectivity index (χ4v) is 3.35. The van der Waals surface area contributed by atoms with E-state index in [9.17, 15) is 30.7 Å². The normalized spacial score (nSPS) is 12.2. The smallest absolute Gasteiger partial charge is 0.435 e. The minimum atomic E-state index is -4.83. The third kappa shape index (κ3) is 4.47. The van der Waals surface area contributed by atoms with Crippen molar-refractivity contribution in [3.8, 4) is 11.6 Å². The van der Waals surface area contributed by atoms with Crippen LogP contribution in [0.5, 0.6) is 5.88 Å². The van der Waals surface area contributed by atoms with Crippen LogP contribution in [0.15, 0.2) is 54.6 Å². The van der Waals surface area contributed by atoms with Crippen molar-refractivity contribution >= 4 is 16.7 Å². The van der Waals surface area contributed by atoms with E-state index in [1.54, 1.807) is 0 Å². The van der Waals surface area contributed by atoms with E-state index < -0.39 is 36.0 Å². The van der Waals surface area contributed by atoms with Gasteiger partial charge >= 0.3 is 12.4 Å². The Labute approximate surface area is 187 Å². The van der Waals surface area contributed by atoms with Crippen molar-refractivity contribution < 1.29 is 35.5 Å². The van der Waals surface area contributed by atoms with Crippen LogP contribution in [0.25, 0.3) is 16.7 Å². The number of alkyl halides is 6. The lowest BCUT2D eigenvalue weighted by Gasteiger charge is -2.15. The van der Waals surface area contributed by atoms with E-state index in [2.05, 4.69) is 15.4 Å². The molecule has 0 unspecified atom stereocenters. The quantitative estimate of drug-likeness (QED) is 0.342. The summed E-state index contributed by atoms with van der Waals surface area (Å²) in [6.07, 6.45) is -9.45. The minimum Gasteiger partial charge on any atom is -0.471 e. The molecule has 2 aromatic heterocycles. The summed E-state index contributed by atoms with van der Waals surface area (Å²) in [6, 6.07) is 10.4. The molecule has 178 valence electrons. The molecule has 4 rings (SSSR count). The Morgan fingerprint density at radius 3 is 2.24 bits per heavy atom. The molecule has 0 spiro atoms. The van der Waals surface area contributed by atoms with E-state index in [0.29, 0.717) is 0 Å². The van der Waals surface area contributed by atoms with Crippen molar-refractivity contribution in [2.24, 2.45) is 0 Å². The zero-order valence-electron chi connectivity index (χ0n) is 17.3. The SMILES string of the molecule is CNc1cc2c(C(F)(F)F)nn(-c3ccc(F)cc3)c2nc1OCc1ccccc1C(F)(F)F. The Bertz CT molecular complexity index is 1330. The number of pyridine rings is 1. The van der Waals surface area contributed by atoms with E-state index in [-0.39, 0.29) is 33.9 Å². The molecule has 0 bridgehead atoms. The molecule has 0 saturated heterocycles. The Balaban J connectivity index is 1.82. The molecular weight excluding hydrogens is 469 g/mol. The first-order chi connectivity index (χ1) is 16.0. The average Bonchev–Trinajstić information content (AvgIpc) is 3.16. The molecule has 0 amide bonds. The first-order valence-corrected chi connectivity index (χ1v) is 9.71. The van der Waals surface area contributed by atoms with Gasteiger partial charge in [0, 0.05) is 12.6 Å². The lowest BCUT2D eigenvalue weighted by molar-refractivity contribution is -0.140. The second-order valence-corrected chi connectivity index (χ2v) is 7.14. The number of hydrogen-bond acceptors (Lipinski definition) is 4. The number of fused-ring (bicyclic) bond motifs is 1. The Hall–Kier alpha value is -3.83. The maximum absolute atomic E-state index is 13.7. The number of nitrogens with one attached hydrogen (secondary N) is 1. The van der Waals surface area contributed by atoms with Gasteiger partial charge < -0.3 is 10.1 Å². The molecule has 5 nitrogen and oxygen atoms in total. The summed E-state index contributed by atoms with van der Waals surface area (Å²) in [6.45, 7) is -0.542. The zero-order chi connectivity index (χ0) is 24.7. The predicted molar refractivity (Wildman–Crippen MR) is 109 cm³/mol. The number of halogens is 7. The number of benzene rings is 2. The number of nitrogens with zero attached hydrogens (tertiary/aromatic N) is 3. The highest BCUT2D eigenvalue weighted by Gasteiger charge is 2.38. The largest absolute Gasteiger partial charge is 0.471 e. The highest BCUT2D eigenvalue weighted by Crippen LogP contribution is 2.38. The van der Waals surface area contributed by atoms with E-state index in [4.69, 9.17) is 4.74 Å². The first kappa shape index (κ1) is 23.3. The third-order valence-corrected chi connectivity index (χ3v) is 4.92. The van der Waals surface area contributed by atoms with Gasteiger partial charge in [-0.2, -0.15) is 36.4 Å². The van der Waals surface area contributed by atoms with Crippen molar-refractivity contribution in [2.75, 3.05) is 12.4 Å². The maximum Gasteiger partial charge on any atom is 0.435 e. The van der Waals surface area contributed by atoms with Crippen LogP contribution in [0.2, 0.25) is 0 Å². The van der Waals surface area contributed by atoms with Gasteiger partial charge in [0.1, 0.15) is 12.4 Å². The van der Waals surface area contributed by atoms with Crippen LogP contribution in [0.3, 0.4) is 0 Å². The lowest BCUT2D eigenvalue weighted by Crippen LogP contribution is -2.11. The second kappa shape index (κ2) is 8.50. The lowest BCUT2D eigenvalue weighted by atomic mass is 10.1. The molecule has 2 aromatic carbocycles. The minimum absolute atomic E-state index is 0.0149. The topological polar surface area (TPSA) is 52.0 Å². The van der Waals surface area contributed by atoms with Gasteiger partial charge in [-0.1, -0.05) is 18.2 Å². The Morgan fingerprint density at radius 2 is 1.62 bits per heavy atom. The molecule has 0 aliphatic rings. The van der Waals surface area contributed by atoms with Gasteiger partial charge in [0.25, 0.3) is 0 Å². The van der Waals surface area contributed by atoms with Gasteiger partial charge in [0.05, 0.1) is 22.3 Å². The van der Waals surface area contributed by atoms with Crippen LogP contribution in [-0.2, 0) is 19.0 Å². The number of ether oxygens (including phenoxy) is 1. The van der Waals surface area contributed by atoms with Gasteiger partial charge in [-0.3, -0.25) is 0 Å². The van der Waals surface area contributed by atoms with Gasteiger partial charge in [-0.25, -0.2) is 9.07 Å². The van der Waals surface area contributed by atoms with E-state index in [0.717, 1.165) is 28.9 Å². The standard InChI is InChI=1S/C22H15F7N4O/c1-30-17-10-15-18(22(27,28)29)32-33(14-8-6-13(23)7-9-14)19(15)31-20(17)34-11-12-4-2-3-5-16(12)21(24,25)26/h2-10,30H,11H2,1H3. The van der Waals surface area contributed by atoms with Crippen molar-refractivity contribution in [2.45, 2.75) is 19.0 Å². The molecule has 4 aromatic rings. The highest BCUT2D eigenvalue weighted by molar-refractivity contribution is 5.85. The molecule has 0 aliphatic heterocycles. The summed E-state index contributed by atoms with van der Waals surface area (Å²) >= 11 is 0. The van der Waals surface area contributed by atoms with Crippen LogP contribution in [-0.4, -0.2) is 21.8 Å². The van der Waals surface area contributed by atoms with Crippen molar-refractivity contribution in [3.05, 3.63) is 77.2 Å². The second-order valence-electron chi connectivity index (χ2n) is 7.14. The molecule has 1 N–H and O–H groups in total. The molecule has 0 radical (unpaired) electrons. The van der Waals surface area contributed by atoms with Crippen LogP contribution in [0.4, 0.5) is 36.4 Å². The number of hydrogen-bond donors (Lipinski definition) is 1. The van der Waals surface area contributed by atoms with Crippen LogP contribution >= 0.6 is 0 Å². The van der Waals surface area contributed by atoms with Gasteiger partial charge in [-0.05, 0) is 36.4 Å². The van der Waals surface area contributed by atoms with E-state index in [1.807, 2.05) is 0 Å². The van der Waals surface area contributed by atoms with E-state index in [1.165, 1.54) is 37.4 Å². The maximum atomic E-state index is 13.7. The summed E-state index contributed by atoms with van der Waals surface area (Å²) in [5.41, 5.74) is -2.47. The fourth-order valence-electron chi connectivity index (χ4n) is 3.35. The van der Waals surface area contributed by atoms with Crippen molar-refractivity contribution in [1.29, 1.82) is 0 Å². The number of anilines is 1. The summed E-state index contributed by atoms with van der Waals surface area (Å²) < 4.78 is 100.